The summed E-state index contributed by atoms with van der Waals surface area (Å²) < 4.78 is 7.47. The van der Waals surface area contributed by atoms with Gasteiger partial charge in [0.25, 0.3) is 5.91 Å². The van der Waals surface area contributed by atoms with Crippen LogP contribution in [0.4, 0.5) is 0 Å². The third-order valence-corrected chi connectivity index (χ3v) is 5.14. The molecule has 0 saturated carbocycles. The van der Waals surface area contributed by atoms with E-state index >= 15 is 0 Å². The summed E-state index contributed by atoms with van der Waals surface area (Å²) in [4.78, 5) is 27.9. The lowest BCUT2D eigenvalue weighted by atomic mass is 10.1. The van der Waals surface area contributed by atoms with Crippen LogP contribution in [0.15, 0.2) is 18.3 Å². The Balaban J connectivity index is 1.73. The second-order valence-corrected chi connectivity index (χ2v) is 7.49. The fraction of sp³-hybridized carbons (Fsp3) is 0.609. The predicted molar refractivity (Wildman–Crippen MR) is 117 cm³/mol. The van der Waals surface area contributed by atoms with Gasteiger partial charge in [-0.25, -0.2) is 4.98 Å². The second kappa shape index (κ2) is 12.9. The molecule has 0 aliphatic rings. The van der Waals surface area contributed by atoms with Gasteiger partial charge in [0.05, 0.1) is 12.3 Å². The lowest BCUT2D eigenvalue weighted by molar-refractivity contribution is -0.137. The van der Waals surface area contributed by atoms with Crippen molar-refractivity contribution in [3.8, 4) is 5.75 Å². The van der Waals surface area contributed by atoms with E-state index in [0.717, 1.165) is 57.1 Å². The number of hydrogen-bond donors (Lipinski definition) is 2. The number of pyridine rings is 1. The Hall–Kier alpha value is -2.57. The molecule has 0 atom stereocenters. The van der Waals surface area contributed by atoms with Gasteiger partial charge in [0, 0.05) is 19.2 Å². The number of aliphatic carboxylic acids is 1. The monoisotopic (exact) mass is 417 g/mol. The molecule has 2 aromatic rings. The van der Waals surface area contributed by atoms with Crippen molar-refractivity contribution >= 4 is 17.5 Å². The molecule has 0 unspecified atom stereocenters. The van der Waals surface area contributed by atoms with Crippen molar-refractivity contribution in [3.63, 3.8) is 0 Å². The van der Waals surface area contributed by atoms with Crippen LogP contribution in [0.2, 0.25) is 0 Å². The summed E-state index contributed by atoms with van der Waals surface area (Å²) in [5.74, 6) is -0.107. The van der Waals surface area contributed by atoms with E-state index in [-0.39, 0.29) is 12.3 Å². The molecule has 0 radical (unpaired) electrons. The Kier molecular flexibility index (Phi) is 10.2. The highest BCUT2D eigenvalue weighted by molar-refractivity contribution is 5.95. The number of fused-ring (bicyclic) bond motifs is 1. The Morgan fingerprint density at radius 3 is 2.37 bits per heavy atom. The van der Waals surface area contributed by atoms with Gasteiger partial charge in [0.2, 0.25) is 0 Å². The fourth-order valence-corrected chi connectivity index (χ4v) is 3.59. The van der Waals surface area contributed by atoms with E-state index in [1.807, 2.05) is 36.6 Å². The van der Waals surface area contributed by atoms with Gasteiger partial charge in [0.1, 0.15) is 5.69 Å². The quantitative estimate of drug-likeness (QED) is 0.413. The number of carboxylic acid groups (broad SMARTS) is 1. The van der Waals surface area contributed by atoms with Crippen LogP contribution < -0.4 is 10.1 Å². The summed E-state index contributed by atoms with van der Waals surface area (Å²) >= 11 is 0. The number of nitrogens with zero attached hydrogens (tertiary/aromatic N) is 2. The molecule has 1 amide bonds. The van der Waals surface area contributed by atoms with Gasteiger partial charge >= 0.3 is 5.97 Å². The van der Waals surface area contributed by atoms with Crippen LogP contribution in [-0.4, -0.2) is 39.5 Å². The van der Waals surface area contributed by atoms with Crippen molar-refractivity contribution in [3.05, 3.63) is 29.7 Å². The molecule has 7 nitrogen and oxygen atoms in total. The van der Waals surface area contributed by atoms with Gasteiger partial charge < -0.3 is 15.2 Å². The average molecular weight is 418 g/mol. The molecule has 2 rings (SSSR count). The number of aryl methyl sites for hydroxylation is 1. The number of carbonyl (C=O) groups is 2. The Labute approximate surface area is 178 Å². The Morgan fingerprint density at radius 2 is 1.73 bits per heavy atom. The van der Waals surface area contributed by atoms with Gasteiger partial charge in [-0.05, 0) is 38.3 Å². The smallest absolute Gasteiger partial charge is 0.303 e. The number of carboxylic acids is 1. The van der Waals surface area contributed by atoms with Gasteiger partial charge in [0.15, 0.2) is 11.4 Å². The van der Waals surface area contributed by atoms with E-state index in [9.17, 15) is 9.59 Å². The first-order valence-corrected chi connectivity index (χ1v) is 11.2. The van der Waals surface area contributed by atoms with Crippen LogP contribution in [0.3, 0.4) is 0 Å². The van der Waals surface area contributed by atoms with Crippen molar-refractivity contribution in [1.82, 2.24) is 14.7 Å². The molecule has 0 aliphatic heterocycles. The van der Waals surface area contributed by atoms with E-state index in [1.165, 1.54) is 0 Å². The molecule has 0 bridgehead atoms. The molecule has 2 N–H and O–H groups in total. The Morgan fingerprint density at radius 1 is 1.07 bits per heavy atom. The van der Waals surface area contributed by atoms with Crippen LogP contribution in [0.1, 0.15) is 87.8 Å². The van der Waals surface area contributed by atoms with E-state index in [2.05, 4.69) is 10.3 Å². The van der Waals surface area contributed by atoms with Gasteiger partial charge in [-0.15, -0.1) is 0 Å². The zero-order valence-corrected chi connectivity index (χ0v) is 18.3. The number of imidazole rings is 1. The number of nitrogens with one attached hydrogen (secondary N) is 1. The molecule has 0 spiro atoms. The summed E-state index contributed by atoms with van der Waals surface area (Å²) in [5.41, 5.74) is 2.06. The van der Waals surface area contributed by atoms with Gasteiger partial charge in [-0.2, -0.15) is 0 Å². The molecule has 166 valence electrons. The van der Waals surface area contributed by atoms with E-state index in [4.69, 9.17) is 9.84 Å². The summed E-state index contributed by atoms with van der Waals surface area (Å²) in [6.45, 7) is 5.14. The van der Waals surface area contributed by atoms with Crippen LogP contribution >= 0.6 is 0 Å². The molecular formula is C23H35N3O4. The Bertz CT molecular complexity index is 816. The van der Waals surface area contributed by atoms with Crippen molar-refractivity contribution in [2.45, 2.75) is 78.1 Å². The highest BCUT2D eigenvalue weighted by atomic mass is 16.5. The van der Waals surface area contributed by atoms with E-state index in [0.29, 0.717) is 36.7 Å². The van der Waals surface area contributed by atoms with Gasteiger partial charge in [-0.1, -0.05) is 45.4 Å². The van der Waals surface area contributed by atoms with Crippen molar-refractivity contribution in [1.29, 1.82) is 0 Å². The maximum absolute atomic E-state index is 12.8. The average Bonchev–Trinajstić information content (AvgIpc) is 3.11. The number of amides is 1. The van der Waals surface area contributed by atoms with Crippen molar-refractivity contribution < 1.29 is 19.4 Å². The number of carbonyl (C=O) groups excluding carboxylic acids is 1. The number of unbranched alkanes of at least 4 members (excludes halogenated alkanes) is 7. The fourth-order valence-electron chi connectivity index (χ4n) is 3.59. The minimum atomic E-state index is -0.707. The number of aromatic nitrogens is 2. The predicted octanol–water partition coefficient (Wildman–Crippen LogP) is 4.62. The maximum atomic E-state index is 12.8. The zero-order valence-electron chi connectivity index (χ0n) is 18.3. The van der Waals surface area contributed by atoms with Crippen LogP contribution in [0.25, 0.3) is 5.65 Å². The van der Waals surface area contributed by atoms with Crippen LogP contribution in [0.5, 0.6) is 5.75 Å². The van der Waals surface area contributed by atoms with Crippen LogP contribution in [0, 0.1) is 0 Å². The summed E-state index contributed by atoms with van der Waals surface area (Å²) in [7, 11) is 0. The van der Waals surface area contributed by atoms with E-state index in [1.54, 1.807) is 0 Å². The summed E-state index contributed by atoms with van der Waals surface area (Å²) in [6.07, 6.45) is 11.2. The first-order valence-electron chi connectivity index (χ1n) is 11.2. The standard InChI is InChI=1S/C23H35N3O4/c1-3-18-21(26-17-13-14-19(30-4-2)22(26)25-18)23(29)24-16-12-10-8-6-5-7-9-11-15-20(27)28/h13-14,17H,3-12,15-16H2,1-2H3,(H,24,29)(H,27,28). The summed E-state index contributed by atoms with van der Waals surface area (Å²) in [6, 6.07) is 3.75. The molecule has 2 heterocycles. The third kappa shape index (κ3) is 7.04. The molecule has 30 heavy (non-hydrogen) atoms. The normalized spacial score (nSPS) is 11.0. The molecule has 0 fully saturated rings. The zero-order chi connectivity index (χ0) is 21.8. The largest absolute Gasteiger partial charge is 0.490 e. The van der Waals surface area contributed by atoms with E-state index < -0.39 is 5.97 Å². The third-order valence-electron chi connectivity index (χ3n) is 5.14. The molecule has 0 aromatic carbocycles. The van der Waals surface area contributed by atoms with Crippen molar-refractivity contribution in [2.75, 3.05) is 13.2 Å². The summed E-state index contributed by atoms with van der Waals surface area (Å²) in [5, 5.41) is 11.6. The number of hydrogen-bond acceptors (Lipinski definition) is 4. The molecule has 2 aromatic heterocycles. The SMILES string of the molecule is CCOc1cccn2c(C(=O)NCCCCCCCCCCC(=O)O)c(CC)nc12. The first kappa shape index (κ1) is 23.7. The maximum Gasteiger partial charge on any atom is 0.303 e. The van der Waals surface area contributed by atoms with Crippen molar-refractivity contribution in [2.24, 2.45) is 0 Å². The second-order valence-electron chi connectivity index (χ2n) is 7.49. The molecule has 0 saturated heterocycles. The highest BCUT2D eigenvalue weighted by Gasteiger charge is 2.19. The topological polar surface area (TPSA) is 92.9 Å². The van der Waals surface area contributed by atoms with Gasteiger partial charge in [-0.3, -0.25) is 14.0 Å². The first-order chi connectivity index (χ1) is 14.6. The molecule has 7 heteroatoms. The minimum absolute atomic E-state index is 0.0913. The molecular weight excluding hydrogens is 382 g/mol. The van der Waals surface area contributed by atoms with Crippen LogP contribution in [-0.2, 0) is 11.2 Å². The number of rotatable bonds is 15. The lowest BCUT2D eigenvalue weighted by Gasteiger charge is -2.08. The number of ether oxygens (including phenoxy) is 1. The highest BCUT2D eigenvalue weighted by Crippen LogP contribution is 2.22. The lowest BCUT2D eigenvalue weighted by Crippen LogP contribution is -2.26. The minimum Gasteiger partial charge on any atom is -0.490 e. The molecule has 0 aliphatic carbocycles.